The predicted molar refractivity (Wildman–Crippen MR) is 88.0 cm³/mol. The zero-order valence-electron chi connectivity index (χ0n) is 14.6. The molecule has 2 N–H and O–H groups in total. The summed E-state index contributed by atoms with van der Waals surface area (Å²) in [6.45, 7) is 4.67. The summed E-state index contributed by atoms with van der Waals surface area (Å²) >= 11 is 0. The van der Waals surface area contributed by atoms with Gasteiger partial charge in [0, 0.05) is 25.0 Å². The van der Waals surface area contributed by atoms with Gasteiger partial charge in [0.1, 0.15) is 5.60 Å². The first-order valence-corrected chi connectivity index (χ1v) is 8.12. The summed E-state index contributed by atoms with van der Waals surface area (Å²) in [4.78, 5) is 13.1. The monoisotopic (exact) mass is 359 g/mol. The van der Waals surface area contributed by atoms with Crippen LogP contribution in [0.25, 0.3) is 0 Å². The number of ether oxygens (including phenoxy) is 1. The first-order chi connectivity index (χ1) is 11.5. The molecule has 1 aromatic carbocycles. The normalized spacial score (nSPS) is 22.0. The molecule has 1 aliphatic rings. The number of alkyl halides is 3. The molecule has 1 saturated heterocycles. The van der Waals surface area contributed by atoms with Gasteiger partial charge in [-0.3, -0.25) is 10.3 Å². The van der Waals surface area contributed by atoms with Crippen LogP contribution < -0.4 is 10.9 Å². The number of hydrogen-bond acceptors (Lipinski definition) is 4. The third kappa shape index (κ3) is 6.55. The average Bonchev–Trinajstić information content (AvgIpc) is 2.85. The molecule has 25 heavy (non-hydrogen) atoms. The lowest BCUT2D eigenvalue weighted by molar-refractivity contribution is -0.143. The van der Waals surface area contributed by atoms with Gasteiger partial charge in [-0.15, -0.1) is 0 Å². The van der Waals surface area contributed by atoms with Crippen molar-refractivity contribution in [1.82, 2.24) is 15.8 Å². The number of likely N-dealkylation sites (tertiary alicyclic amines) is 1. The van der Waals surface area contributed by atoms with E-state index < -0.39 is 24.4 Å². The lowest BCUT2D eigenvalue weighted by Crippen LogP contribution is -2.49. The maximum atomic E-state index is 12.7. The Kier molecular flexibility index (Phi) is 5.95. The molecule has 0 unspecified atom stereocenters. The van der Waals surface area contributed by atoms with E-state index >= 15 is 0 Å². The molecule has 1 aromatic rings. The number of hydrogen-bond donors (Lipinski definition) is 2. The average molecular weight is 359 g/mol. The fourth-order valence-corrected chi connectivity index (χ4v) is 2.91. The molecule has 0 spiro atoms. The molecule has 0 saturated carbocycles. The van der Waals surface area contributed by atoms with Crippen LogP contribution in [0.15, 0.2) is 30.3 Å². The van der Waals surface area contributed by atoms with E-state index in [1.54, 1.807) is 20.8 Å². The van der Waals surface area contributed by atoms with Crippen molar-refractivity contribution < 1.29 is 22.7 Å². The molecule has 1 fully saturated rings. The topological polar surface area (TPSA) is 53.6 Å². The highest BCUT2D eigenvalue weighted by atomic mass is 19.4. The van der Waals surface area contributed by atoms with E-state index in [9.17, 15) is 18.0 Å². The Labute approximate surface area is 145 Å². The molecule has 8 heteroatoms. The number of carbonyl (C=O) groups is 1. The van der Waals surface area contributed by atoms with E-state index in [0.29, 0.717) is 0 Å². The van der Waals surface area contributed by atoms with Gasteiger partial charge in [0.05, 0.1) is 6.54 Å². The summed E-state index contributed by atoms with van der Waals surface area (Å²) in [5.41, 5.74) is 5.56. The summed E-state index contributed by atoms with van der Waals surface area (Å²) in [5.74, 6) is -0.168. The highest BCUT2D eigenvalue weighted by Crippen LogP contribution is 2.29. The minimum atomic E-state index is -4.26. The van der Waals surface area contributed by atoms with Crippen LogP contribution in [0.2, 0.25) is 0 Å². The van der Waals surface area contributed by atoms with E-state index in [4.69, 9.17) is 4.74 Å². The summed E-state index contributed by atoms with van der Waals surface area (Å²) in [6.07, 6.45) is -4.91. The fraction of sp³-hybridized carbons (Fsp3) is 0.588. The van der Waals surface area contributed by atoms with Gasteiger partial charge in [0.15, 0.2) is 0 Å². The third-order valence-corrected chi connectivity index (χ3v) is 3.78. The van der Waals surface area contributed by atoms with Gasteiger partial charge in [-0.05, 0) is 26.3 Å². The second kappa shape index (κ2) is 7.61. The van der Waals surface area contributed by atoms with E-state index in [-0.39, 0.29) is 25.0 Å². The lowest BCUT2D eigenvalue weighted by Gasteiger charge is -2.23. The van der Waals surface area contributed by atoms with Crippen LogP contribution in [0.1, 0.15) is 32.3 Å². The molecular formula is C17H24F3N3O2. The third-order valence-electron chi connectivity index (χ3n) is 3.78. The number of halogens is 3. The maximum absolute atomic E-state index is 12.7. The van der Waals surface area contributed by atoms with Crippen LogP contribution in [-0.4, -0.2) is 48.4 Å². The molecule has 2 atom stereocenters. The van der Waals surface area contributed by atoms with Crippen LogP contribution in [0.5, 0.6) is 0 Å². The van der Waals surface area contributed by atoms with Gasteiger partial charge >= 0.3 is 12.3 Å². The van der Waals surface area contributed by atoms with Crippen molar-refractivity contribution in [2.75, 3.05) is 19.6 Å². The number of nitrogens with zero attached hydrogens (tertiary/aromatic N) is 1. The highest BCUT2D eigenvalue weighted by molar-refractivity contribution is 5.67. The molecular weight excluding hydrogens is 335 g/mol. The Morgan fingerprint density at radius 2 is 1.84 bits per heavy atom. The van der Waals surface area contributed by atoms with Crippen LogP contribution in [0, 0.1) is 0 Å². The Morgan fingerprint density at radius 1 is 1.20 bits per heavy atom. The Hall–Kier alpha value is -1.80. The van der Waals surface area contributed by atoms with Crippen molar-refractivity contribution in [3.05, 3.63) is 35.9 Å². The van der Waals surface area contributed by atoms with Crippen molar-refractivity contribution >= 4 is 6.09 Å². The smallest absolute Gasteiger partial charge is 0.422 e. The molecule has 1 aliphatic heterocycles. The summed E-state index contributed by atoms with van der Waals surface area (Å²) in [7, 11) is 0. The van der Waals surface area contributed by atoms with E-state index in [1.807, 2.05) is 30.3 Å². The minimum absolute atomic E-state index is 0.168. The van der Waals surface area contributed by atoms with Crippen LogP contribution >= 0.6 is 0 Å². The van der Waals surface area contributed by atoms with Gasteiger partial charge in [-0.25, -0.2) is 10.2 Å². The van der Waals surface area contributed by atoms with Crippen molar-refractivity contribution in [3.8, 4) is 0 Å². The van der Waals surface area contributed by atoms with Crippen molar-refractivity contribution in [3.63, 3.8) is 0 Å². The zero-order chi connectivity index (χ0) is 18.7. The van der Waals surface area contributed by atoms with Crippen molar-refractivity contribution in [2.45, 2.75) is 44.5 Å². The van der Waals surface area contributed by atoms with Crippen LogP contribution in [0.4, 0.5) is 18.0 Å². The second-order valence-electron chi connectivity index (χ2n) is 7.20. The largest absolute Gasteiger partial charge is 0.443 e. The molecule has 0 bridgehead atoms. The predicted octanol–water partition coefficient (Wildman–Crippen LogP) is 3.05. The van der Waals surface area contributed by atoms with Gasteiger partial charge in [0.2, 0.25) is 0 Å². The van der Waals surface area contributed by atoms with E-state index in [2.05, 4.69) is 10.9 Å². The number of hydrazine groups is 1. The molecule has 1 heterocycles. The fourth-order valence-electron chi connectivity index (χ4n) is 2.91. The molecule has 140 valence electrons. The maximum Gasteiger partial charge on any atom is 0.422 e. The van der Waals surface area contributed by atoms with Gasteiger partial charge in [-0.2, -0.15) is 13.2 Å². The Balaban J connectivity index is 2.03. The summed E-state index contributed by atoms with van der Waals surface area (Å²) in [6, 6.07) is 8.96. The molecule has 5 nitrogen and oxygen atoms in total. The quantitative estimate of drug-likeness (QED) is 0.812. The zero-order valence-corrected chi connectivity index (χ0v) is 14.6. The summed E-state index contributed by atoms with van der Waals surface area (Å²) in [5, 5.41) is 0. The van der Waals surface area contributed by atoms with Crippen LogP contribution in [-0.2, 0) is 4.74 Å². The first-order valence-electron chi connectivity index (χ1n) is 8.12. The second-order valence-corrected chi connectivity index (χ2v) is 7.20. The van der Waals surface area contributed by atoms with Gasteiger partial charge < -0.3 is 4.74 Å². The lowest BCUT2D eigenvalue weighted by atomic mass is 9.95. The standard InChI is InChI=1S/C17H24F3N3O2/c1-16(2,3)25-15(24)22-21-14-10-23(11-17(18,19)20)9-13(14)12-7-5-4-6-8-12/h4-8,13-14,21H,9-11H2,1-3H3,(H,22,24)/t13-,14+/m0/s1. The molecule has 1 amide bonds. The Bertz CT molecular complexity index is 573. The minimum Gasteiger partial charge on any atom is -0.443 e. The number of nitrogens with one attached hydrogen (secondary N) is 2. The molecule has 0 aromatic heterocycles. The molecule has 0 radical (unpaired) electrons. The van der Waals surface area contributed by atoms with Gasteiger partial charge in [-0.1, -0.05) is 30.3 Å². The highest BCUT2D eigenvalue weighted by Gasteiger charge is 2.39. The van der Waals surface area contributed by atoms with Crippen molar-refractivity contribution in [1.29, 1.82) is 0 Å². The number of benzene rings is 1. The Morgan fingerprint density at radius 3 is 2.40 bits per heavy atom. The summed E-state index contributed by atoms with van der Waals surface area (Å²) < 4.78 is 43.3. The van der Waals surface area contributed by atoms with Gasteiger partial charge in [0.25, 0.3) is 0 Å². The van der Waals surface area contributed by atoms with E-state index in [1.165, 1.54) is 4.90 Å². The SMILES string of the molecule is CC(C)(C)OC(=O)NN[C@@H]1CN(CC(F)(F)F)C[C@H]1c1ccccc1. The van der Waals surface area contributed by atoms with Crippen LogP contribution in [0.3, 0.4) is 0 Å². The van der Waals surface area contributed by atoms with E-state index in [0.717, 1.165) is 5.56 Å². The molecule has 0 aliphatic carbocycles. The number of amides is 1. The van der Waals surface area contributed by atoms with Crippen molar-refractivity contribution in [2.24, 2.45) is 0 Å². The number of rotatable bonds is 4. The first kappa shape index (κ1) is 19.5. The molecule has 2 rings (SSSR count). The number of carbonyl (C=O) groups excluding carboxylic acids is 1.